The highest BCUT2D eigenvalue weighted by Gasteiger charge is 2.14. The van der Waals surface area contributed by atoms with Gasteiger partial charge >= 0.3 is 5.97 Å². The zero-order chi connectivity index (χ0) is 11.7. The van der Waals surface area contributed by atoms with Gasteiger partial charge in [-0.1, -0.05) is 11.6 Å². The molecule has 0 saturated carbocycles. The molecule has 2 rings (SSSR count). The first kappa shape index (κ1) is 10.9. The van der Waals surface area contributed by atoms with Gasteiger partial charge in [-0.05, 0) is 19.9 Å². The van der Waals surface area contributed by atoms with Gasteiger partial charge in [0.15, 0.2) is 0 Å². The minimum Gasteiger partial charge on any atom is -0.458 e. The van der Waals surface area contributed by atoms with E-state index >= 15 is 0 Å². The fourth-order valence-corrected chi connectivity index (χ4v) is 1.48. The third kappa shape index (κ3) is 1.99. The highest BCUT2D eigenvalue weighted by molar-refractivity contribution is 6.34. The average Bonchev–Trinajstić information content (AvgIpc) is 2.61. The van der Waals surface area contributed by atoms with Gasteiger partial charge in [0.05, 0.1) is 11.5 Å². The maximum Gasteiger partial charge on any atom is 0.355 e. The van der Waals surface area contributed by atoms with E-state index in [1.165, 1.54) is 6.33 Å². The van der Waals surface area contributed by atoms with Crippen LogP contribution in [-0.4, -0.2) is 27.0 Å². The van der Waals surface area contributed by atoms with Gasteiger partial charge in [0.2, 0.25) is 0 Å². The summed E-state index contributed by atoms with van der Waals surface area (Å²) in [6.45, 7) is 3.57. The van der Waals surface area contributed by atoms with Gasteiger partial charge < -0.3 is 9.72 Å². The predicted octanol–water partition coefficient (Wildman–Crippen LogP) is 2.18. The molecule has 0 bridgehead atoms. The van der Waals surface area contributed by atoms with E-state index in [9.17, 15) is 4.79 Å². The molecule has 0 fully saturated rings. The first-order chi connectivity index (χ1) is 7.58. The second-order valence-corrected chi connectivity index (χ2v) is 3.92. The van der Waals surface area contributed by atoms with Crippen LogP contribution in [0.15, 0.2) is 12.4 Å². The summed E-state index contributed by atoms with van der Waals surface area (Å²) in [6.07, 6.45) is 1.17. The predicted molar refractivity (Wildman–Crippen MR) is 59.5 cm³/mol. The van der Waals surface area contributed by atoms with Crippen molar-refractivity contribution in [2.24, 2.45) is 0 Å². The molecule has 2 aromatic rings. The molecule has 0 unspecified atom stereocenters. The Hall–Kier alpha value is -1.62. The lowest BCUT2D eigenvalue weighted by molar-refractivity contribution is 0.0372. The Morgan fingerprint density at radius 1 is 1.50 bits per heavy atom. The van der Waals surface area contributed by atoms with Crippen LogP contribution < -0.4 is 0 Å². The number of aromatic amines is 1. The topological polar surface area (TPSA) is 67.9 Å². The number of nitrogens with zero attached hydrogens (tertiary/aromatic N) is 2. The fraction of sp³-hybridized carbons (Fsp3) is 0.300. The number of ether oxygens (including phenoxy) is 1. The summed E-state index contributed by atoms with van der Waals surface area (Å²) < 4.78 is 5.04. The Bertz CT molecular complexity index is 536. The number of aromatic nitrogens is 3. The summed E-state index contributed by atoms with van der Waals surface area (Å²) in [4.78, 5) is 22.2. The van der Waals surface area contributed by atoms with Gasteiger partial charge in [-0.25, -0.2) is 14.8 Å². The minimum atomic E-state index is -0.427. The van der Waals surface area contributed by atoms with Gasteiger partial charge in [-0.2, -0.15) is 0 Å². The van der Waals surface area contributed by atoms with Crippen molar-refractivity contribution in [3.8, 4) is 0 Å². The molecule has 0 radical (unpaired) electrons. The average molecular weight is 240 g/mol. The van der Waals surface area contributed by atoms with Crippen molar-refractivity contribution in [2.45, 2.75) is 20.0 Å². The first-order valence-electron chi connectivity index (χ1n) is 4.78. The van der Waals surface area contributed by atoms with Crippen LogP contribution in [0.2, 0.25) is 5.15 Å². The number of halogens is 1. The largest absolute Gasteiger partial charge is 0.458 e. The molecule has 1 N–H and O–H groups in total. The van der Waals surface area contributed by atoms with Crippen molar-refractivity contribution in [3.63, 3.8) is 0 Å². The van der Waals surface area contributed by atoms with Crippen molar-refractivity contribution in [1.82, 2.24) is 15.0 Å². The summed E-state index contributed by atoms with van der Waals surface area (Å²) >= 11 is 5.86. The van der Waals surface area contributed by atoms with Gasteiger partial charge in [-0.3, -0.25) is 0 Å². The lowest BCUT2D eigenvalue weighted by atomic mass is 10.3. The molecule has 84 valence electrons. The monoisotopic (exact) mass is 239 g/mol. The number of hydrogen-bond acceptors (Lipinski definition) is 4. The standard InChI is InChI=1S/C10H10ClN3O2/c1-5(2)16-10(15)7-3-6-8(11)12-4-13-9(6)14-7/h3-5H,1-2H3,(H,12,13,14). The van der Waals surface area contributed by atoms with E-state index in [1.54, 1.807) is 19.9 Å². The highest BCUT2D eigenvalue weighted by Crippen LogP contribution is 2.20. The lowest BCUT2D eigenvalue weighted by Crippen LogP contribution is -2.11. The smallest absolute Gasteiger partial charge is 0.355 e. The molecule has 0 saturated heterocycles. The molecule has 0 spiro atoms. The van der Waals surface area contributed by atoms with Crippen LogP contribution in [-0.2, 0) is 4.74 Å². The van der Waals surface area contributed by atoms with Crippen LogP contribution in [0, 0.1) is 0 Å². The van der Waals surface area contributed by atoms with Crippen LogP contribution >= 0.6 is 11.6 Å². The number of esters is 1. The molecule has 0 atom stereocenters. The van der Waals surface area contributed by atoms with Crippen LogP contribution in [0.1, 0.15) is 24.3 Å². The Kier molecular flexibility index (Phi) is 2.78. The molecule has 2 aromatic heterocycles. The second-order valence-electron chi connectivity index (χ2n) is 3.56. The van der Waals surface area contributed by atoms with Gasteiger partial charge in [0, 0.05) is 0 Å². The van der Waals surface area contributed by atoms with E-state index in [-0.39, 0.29) is 6.10 Å². The molecule has 0 aromatic carbocycles. The van der Waals surface area contributed by atoms with Crippen molar-refractivity contribution in [3.05, 3.63) is 23.2 Å². The third-order valence-electron chi connectivity index (χ3n) is 1.94. The van der Waals surface area contributed by atoms with E-state index in [2.05, 4.69) is 15.0 Å². The lowest BCUT2D eigenvalue weighted by Gasteiger charge is -2.05. The molecule has 5 nitrogen and oxygen atoms in total. The van der Waals surface area contributed by atoms with Crippen molar-refractivity contribution in [2.75, 3.05) is 0 Å². The zero-order valence-electron chi connectivity index (χ0n) is 8.82. The number of carbonyl (C=O) groups is 1. The van der Waals surface area contributed by atoms with Crippen molar-refractivity contribution >= 4 is 28.6 Å². The van der Waals surface area contributed by atoms with Gasteiger partial charge in [-0.15, -0.1) is 0 Å². The van der Waals surface area contributed by atoms with E-state index in [0.717, 1.165) is 0 Å². The Labute approximate surface area is 96.8 Å². The summed E-state index contributed by atoms with van der Waals surface area (Å²) in [5.74, 6) is -0.427. The van der Waals surface area contributed by atoms with E-state index in [1.807, 2.05) is 0 Å². The zero-order valence-corrected chi connectivity index (χ0v) is 9.58. The molecular formula is C10H10ClN3O2. The SMILES string of the molecule is CC(C)OC(=O)c1cc2c(Cl)ncnc2[nH]1. The Morgan fingerprint density at radius 3 is 2.88 bits per heavy atom. The molecule has 0 amide bonds. The highest BCUT2D eigenvalue weighted by atomic mass is 35.5. The van der Waals surface area contributed by atoms with E-state index < -0.39 is 5.97 Å². The maximum absolute atomic E-state index is 11.6. The molecule has 16 heavy (non-hydrogen) atoms. The van der Waals surface area contributed by atoms with Crippen LogP contribution in [0.3, 0.4) is 0 Å². The Balaban J connectivity index is 2.40. The second kappa shape index (κ2) is 4.09. The number of carbonyl (C=O) groups excluding carboxylic acids is 1. The van der Waals surface area contributed by atoms with Crippen LogP contribution in [0.4, 0.5) is 0 Å². The van der Waals surface area contributed by atoms with E-state index in [4.69, 9.17) is 16.3 Å². The number of nitrogens with one attached hydrogen (secondary N) is 1. The quantitative estimate of drug-likeness (QED) is 0.644. The summed E-state index contributed by atoms with van der Waals surface area (Å²) in [5.41, 5.74) is 0.849. The number of fused-ring (bicyclic) bond motifs is 1. The molecule has 0 aliphatic rings. The number of H-pyrrole nitrogens is 1. The molecule has 0 aliphatic heterocycles. The minimum absolute atomic E-state index is 0.166. The summed E-state index contributed by atoms with van der Waals surface area (Å²) in [7, 11) is 0. The summed E-state index contributed by atoms with van der Waals surface area (Å²) in [6, 6.07) is 1.59. The van der Waals surface area contributed by atoms with E-state index in [0.29, 0.717) is 21.9 Å². The maximum atomic E-state index is 11.6. The van der Waals surface area contributed by atoms with Crippen LogP contribution in [0.25, 0.3) is 11.0 Å². The van der Waals surface area contributed by atoms with Gasteiger partial charge in [0.1, 0.15) is 22.8 Å². The first-order valence-corrected chi connectivity index (χ1v) is 5.16. The number of hydrogen-bond donors (Lipinski definition) is 1. The molecule has 2 heterocycles. The van der Waals surface area contributed by atoms with Crippen molar-refractivity contribution < 1.29 is 9.53 Å². The summed E-state index contributed by atoms with van der Waals surface area (Å²) in [5, 5.41) is 0.921. The third-order valence-corrected chi connectivity index (χ3v) is 2.24. The normalized spacial score (nSPS) is 11.0. The van der Waals surface area contributed by atoms with Crippen molar-refractivity contribution in [1.29, 1.82) is 0 Å². The molecular weight excluding hydrogens is 230 g/mol. The van der Waals surface area contributed by atoms with Crippen LogP contribution in [0.5, 0.6) is 0 Å². The fourth-order valence-electron chi connectivity index (χ4n) is 1.30. The number of rotatable bonds is 2. The van der Waals surface area contributed by atoms with Gasteiger partial charge in [0.25, 0.3) is 0 Å². The molecule has 6 heteroatoms. The molecule has 0 aliphatic carbocycles. The Morgan fingerprint density at radius 2 is 2.25 bits per heavy atom.